The number of hydrogen-bond donors (Lipinski definition) is 2. The molecule has 31 heavy (non-hydrogen) atoms. The summed E-state index contributed by atoms with van der Waals surface area (Å²) in [6.45, 7) is 1.83. The number of aryl methyl sites for hydroxylation is 1. The molecule has 4 aromatic rings. The second-order valence-electron chi connectivity index (χ2n) is 7.06. The number of halogens is 1. The van der Waals surface area contributed by atoms with Gasteiger partial charge in [0.15, 0.2) is 0 Å². The molecule has 4 rings (SSSR count). The Morgan fingerprint density at radius 3 is 2.81 bits per heavy atom. The maximum Gasteiger partial charge on any atom is 0.297 e. The van der Waals surface area contributed by atoms with Crippen molar-refractivity contribution >= 4 is 55.5 Å². The topological polar surface area (TPSA) is 106 Å². The predicted octanol–water partition coefficient (Wildman–Crippen LogP) is 3.36. The number of nitrogens with zero attached hydrogens (tertiary/aromatic N) is 2. The third kappa shape index (κ3) is 4.51. The first kappa shape index (κ1) is 20.8. The molecular weight excluding hydrogens is 464 g/mol. The third-order valence-electron chi connectivity index (χ3n) is 4.81. The molecular formula is C22H19BrN4O4. The molecule has 0 saturated carbocycles. The Morgan fingerprint density at radius 2 is 1.97 bits per heavy atom. The van der Waals surface area contributed by atoms with Crippen molar-refractivity contribution in [1.82, 2.24) is 14.9 Å². The van der Waals surface area contributed by atoms with Gasteiger partial charge in [0.2, 0.25) is 17.4 Å². The monoisotopic (exact) mass is 482 g/mol. The Kier molecular flexibility index (Phi) is 5.85. The van der Waals surface area contributed by atoms with E-state index in [9.17, 15) is 14.4 Å². The normalized spacial score (nSPS) is 11.0. The number of aromatic nitrogens is 2. The molecule has 2 amide bonds. The fourth-order valence-corrected chi connectivity index (χ4v) is 3.56. The number of amides is 2. The van der Waals surface area contributed by atoms with E-state index in [1.807, 2.05) is 43.3 Å². The lowest BCUT2D eigenvalue weighted by molar-refractivity contribution is -0.121. The Bertz CT molecular complexity index is 1360. The molecule has 2 aromatic carbocycles. The Morgan fingerprint density at radius 1 is 1.16 bits per heavy atom. The van der Waals surface area contributed by atoms with Gasteiger partial charge in [-0.1, -0.05) is 34.1 Å². The van der Waals surface area contributed by atoms with Crippen molar-refractivity contribution in [1.29, 1.82) is 0 Å². The van der Waals surface area contributed by atoms with Crippen molar-refractivity contribution in [3.05, 3.63) is 69.2 Å². The summed E-state index contributed by atoms with van der Waals surface area (Å²) in [6, 6.07) is 12.8. The van der Waals surface area contributed by atoms with E-state index in [1.165, 1.54) is 10.9 Å². The maximum absolute atomic E-state index is 12.7. The number of carbonyl (C=O) groups is 2. The van der Waals surface area contributed by atoms with Crippen LogP contribution in [0, 0.1) is 6.92 Å². The fraction of sp³-hybridized carbons (Fsp3) is 0.182. The van der Waals surface area contributed by atoms with Gasteiger partial charge in [-0.15, -0.1) is 0 Å². The predicted molar refractivity (Wildman–Crippen MR) is 121 cm³/mol. The van der Waals surface area contributed by atoms with Gasteiger partial charge in [-0.3, -0.25) is 19.0 Å². The molecule has 0 unspecified atom stereocenters. The van der Waals surface area contributed by atoms with Crippen LogP contribution < -0.4 is 16.2 Å². The van der Waals surface area contributed by atoms with Crippen LogP contribution in [0.2, 0.25) is 0 Å². The van der Waals surface area contributed by atoms with Crippen molar-refractivity contribution in [3.8, 4) is 0 Å². The van der Waals surface area contributed by atoms with Crippen LogP contribution in [-0.4, -0.2) is 27.9 Å². The lowest BCUT2D eigenvalue weighted by Gasteiger charge is -2.10. The minimum Gasteiger partial charge on any atom is -0.448 e. The van der Waals surface area contributed by atoms with Crippen LogP contribution in [-0.2, 0) is 16.1 Å². The van der Waals surface area contributed by atoms with E-state index in [1.54, 1.807) is 6.07 Å². The number of para-hydroxylation sites is 1. The zero-order valence-corrected chi connectivity index (χ0v) is 18.2. The van der Waals surface area contributed by atoms with E-state index in [0.29, 0.717) is 16.8 Å². The van der Waals surface area contributed by atoms with Crippen LogP contribution >= 0.6 is 15.9 Å². The number of hydrogen-bond acceptors (Lipinski definition) is 5. The average Bonchev–Trinajstić information content (AvgIpc) is 3.12. The van der Waals surface area contributed by atoms with Gasteiger partial charge in [0.05, 0.1) is 6.33 Å². The molecule has 0 saturated heterocycles. The minimum atomic E-state index is -0.431. The third-order valence-corrected chi connectivity index (χ3v) is 5.31. The first-order chi connectivity index (χ1) is 14.9. The second-order valence-corrected chi connectivity index (χ2v) is 7.98. The Labute approximate surface area is 185 Å². The summed E-state index contributed by atoms with van der Waals surface area (Å²) in [5.74, 6) is -0.616. The number of rotatable bonds is 6. The van der Waals surface area contributed by atoms with Crippen molar-refractivity contribution in [2.75, 3.05) is 11.9 Å². The smallest absolute Gasteiger partial charge is 0.297 e. The molecule has 0 aliphatic heterocycles. The molecule has 9 heteroatoms. The van der Waals surface area contributed by atoms with E-state index < -0.39 is 11.5 Å². The van der Waals surface area contributed by atoms with Gasteiger partial charge in [0.25, 0.3) is 5.56 Å². The number of furan rings is 1. The van der Waals surface area contributed by atoms with Crippen molar-refractivity contribution in [2.24, 2.45) is 0 Å². The number of benzene rings is 2. The van der Waals surface area contributed by atoms with Crippen LogP contribution in [0.25, 0.3) is 22.1 Å². The largest absolute Gasteiger partial charge is 0.448 e. The molecule has 2 aromatic heterocycles. The number of nitrogens with one attached hydrogen (secondary N) is 2. The first-order valence-corrected chi connectivity index (χ1v) is 10.4. The van der Waals surface area contributed by atoms with E-state index >= 15 is 0 Å². The van der Waals surface area contributed by atoms with Gasteiger partial charge < -0.3 is 15.1 Å². The molecule has 158 valence electrons. The highest BCUT2D eigenvalue weighted by molar-refractivity contribution is 9.10. The molecule has 0 bridgehead atoms. The molecule has 2 N–H and O–H groups in total. The van der Waals surface area contributed by atoms with Crippen LogP contribution in [0.4, 0.5) is 5.69 Å². The zero-order chi connectivity index (χ0) is 22.0. The highest BCUT2D eigenvalue weighted by atomic mass is 79.9. The van der Waals surface area contributed by atoms with E-state index in [4.69, 9.17) is 4.42 Å². The average molecular weight is 483 g/mol. The number of carbonyl (C=O) groups excluding carboxylic acids is 2. The van der Waals surface area contributed by atoms with Crippen molar-refractivity contribution < 1.29 is 14.0 Å². The van der Waals surface area contributed by atoms with Gasteiger partial charge in [0.1, 0.15) is 17.6 Å². The first-order valence-electron chi connectivity index (χ1n) is 9.62. The summed E-state index contributed by atoms with van der Waals surface area (Å²) in [5, 5.41) is 6.22. The highest BCUT2D eigenvalue weighted by Gasteiger charge is 2.14. The molecule has 0 radical (unpaired) electrons. The summed E-state index contributed by atoms with van der Waals surface area (Å²) in [4.78, 5) is 41.3. The van der Waals surface area contributed by atoms with Gasteiger partial charge in [0, 0.05) is 28.5 Å². The highest BCUT2D eigenvalue weighted by Crippen LogP contribution is 2.24. The summed E-state index contributed by atoms with van der Waals surface area (Å²) >= 11 is 3.37. The van der Waals surface area contributed by atoms with Crippen LogP contribution in [0.5, 0.6) is 0 Å². The quantitative estimate of drug-likeness (QED) is 0.438. The summed E-state index contributed by atoms with van der Waals surface area (Å²) < 4.78 is 7.66. The van der Waals surface area contributed by atoms with Gasteiger partial charge in [-0.2, -0.15) is 0 Å². The molecule has 0 fully saturated rings. The number of fused-ring (bicyclic) bond motifs is 3. The minimum absolute atomic E-state index is 0.105. The molecule has 0 atom stereocenters. The van der Waals surface area contributed by atoms with Gasteiger partial charge in [-0.05, 0) is 36.8 Å². The summed E-state index contributed by atoms with van der Waals surface area (Å²) in [5.41, 5.74) is 2.36. The standard InChI is InChI=1S/C22H19BrN4O4/c1-13-6-7-14(23)10-16(13)26-18(28)8-9-24-19(29)11-27-12-25-20-15-4-2-3-5-17(15)31-21(20)22(27)30/h2-7,10,12H,8-9,11H2,1H3,(H,24,29)(H,26,28). The van der Waals surface area contributed by atoms with Crippen molar-refractivity contribution in [3.63, 3.8) is 0 Å². The molecule has 0 spiro atoms. The molecule has 0 aliphatic rings. The van der Waals surface area contributed by atoms with Gasteiger partial charge >= 0.3 is 0 Å². The van der Waals surface area contributed by atoms with E-state index in [2.05, 4.69) is 31.5 Å². The summed E-state index contributed by atoms with van der Waals surface area (Å²) in [7, 11) is 0. The number of anilines is 1. The van der Waals surface area contributed by atoms with E-state index in [-0.39, 0.29) is 31.0 Å². The van der Waals surface area contributed by atoms with Gasteiger partial charge in [-0.25, -0.2) is 4.98 Å². The molecule has 2 heterocycles. The summed E-state index contributed by atoms with van der Waals surface area (Å²) in [6.07, 6.45) is 1.43. The Balaban J connectivity index is 1.35. The van der Waals surface area contributed by atoms with Crippen LogP contribution in [0.3, 0.4) is 0 Å². The second kappa shape index (κ2) is 8.73. The fourth-order valence-electron chi connectivity index (χ4n) is 3.20. The Hall–Kier alpha value is -3.46. The molecule has 0 aliphatic carbocycles. The maximum atomic E-state index is 12.7. The zero-order valence-electron chi connectivity index (χ0n) is 16.6. The SMILES string of the molecule is Cc1ccc(Br)cc1NC(=O)CCNC(=O)Cn1cnc2c(oc3ccccc32)c1=O. The lowest BCUT2D eigenvalue weighted by Crippen LogP contribution is -2.34. The molecule has 8 nitrogen and oxygen atoms in total. The van der Waals surface area contributed by atoms with E-state index in [0.717, 1.165) is 15.4 Å². The van der Waals surface area contributed by atoms with Crippen molar-refractivity contribution in [2.45, 2.75) is 19.9 Å². The van der Waals surface area contributed by atoms with Crippen LogP contribution in [0.15, 0.2) is 62.5 Å². The van der Waals surface area contributed by atoms with Crippen LogP contribution in [0.1, 0.15) is 12.0 Å². The lowest BCUT2D eigenvalue weighted by atomic mass is 10.2.